The van der Waals surface area contributed by atoms with E-state index < -0.39 is 0 Å². The summed E-state index contributed by atoms with van der Waals surface area (Å²) < 4.78 is 18.2. The minimum absolute atomic E-state index is 0.271. The number of ether oxygens (including phenoxy) is 1. The van der Waals surface area contributed by atoms with Crippen LogP contribution in [0, 0.1) is 5.82 Å². The molecule has 0 spiro atoms. The summed E-state index contributed by atoms with van der Waals surface area (Å²) in [5.74, 6) is 4.98. The molecule has 70 valence electrons. The molecule has 0 saturated heterocycles. The van der Waals surface area contributed by atoms with E-state index in [1.165, 1.54) is 25.5 Å². The van der Waals surface area contributed by atoms with Crippen molar-refractivity contribution in [3.8, 4) is 5.75 Å². The molecule has 1 rings (SSSR count). The normalized spacial score (nSPS) is 10.7. The highest BCUT2D eigenvalue weighted by atomic mass is 79.9. The van der Waals surface area contributed by atoms with Gasteiger partial charge in [0.1, 0.15) is 11.6 Å². The molecule has 0 aliphatic rings. The van der Waals surface area contributed by atoms with E-state index in [2.05, 4.69) is 21.0 Å². The minimum atomic E-state index is -0.383. The number of hydrogen-bond donors (Lipinski definition) is 1. The van der Waals surface area contributed by atoms with E-state index in [0.717, 1.165) is 0 Å². The second kappa shape index (κ2) is 4.23. The smallest absolute Gasteiger partial charge is 0.144 e. The van der Waals surface area contributed by atoms with Crippen LogP contribution in [0.5, 0.6) is 5.75 Å². The molecule has 5 heteroatoms. The third-order valence-corrected chi connectivity index (χ3v) is 2.24. The molecular weight excluding hydrogens is 239 g/mol. The lowest BCUT2D eigenvalue weighted by Crippen LogP contribution is -1.95. The predicted molar refractivity (Wildman–Crippen MR) is 52.4 cm³/mol. The van der Waals surface area contributed by atoms with Gasteiger partial charge in [0.2, 0.25) is 0 Å². The SMILES string of the molecule is COc1c(C=NN)ccc(F)c1Br. The summed E-state index contributed by atoms with van der Waals surface area (Å²) in [5.41, 5.74) is 0.623. The Morgan fingerprint density at radius 2 is 2.31 bits per heavy atom. The van der Waals surface area contributed by atoms with Crippen molar-refractivity contribution in [1.82, 2.24) is 0 Å². The van der Waals surface area contributed by atoms with Crippen LogP contribution in [0.3, 0.4) is 0 Å². The van der Waals surface area contributed by atoms with E-state index in [0.29, 0.717) is 11.3 Å². The first-order chi connectivity index (χ1) is 6.20. The van der Waals surface area contributed by atoms with E-state index in [1.807, 2.05) is 0 Å². The van der Waals surface area contributed by atoms with Crippen molar-refractivity contribution >= 4 is 22.1 Å². The molecular formula is C8H8BrFN2O. The Balaban J connectivity index is 3.29. The molecule has 0 heterocycles. The molecule has 0 aromatic heterocycles. The van der Waals surface area contributed by atoms with Crippen molar-refractivity contribution in [3.63, 3.8) is 0 Å². The van der Waals surface area contributed by atoms with Gasteiger partial charge in [0, 0.05) is 5.56 Å². The first-order valence-electron chi connectivity index (χ1n) is 3.46. The average Bonchev–Trinajstić information content (AvgIpc) is 2.12. The van der Waals surface area contributed by atoms with E-state index in [-0.39, 0.29) is 10.3 Å². The number of nitrogens with two attached hydrogens (primary N) is 1. The fourth-order valence-electron chi connectivity index (χ4n) is 0.936. The number of methoxy groups -OCH3 is 1. The summed E-state index contributed by atoms with van der Waals surface area (Å²) in [6, 6.07) is 2.85. The Bertz CT molecular complexity index is 341. The molecule has 2 N–H and O–H groups in total. The van der Waals surface area contributed by atoms with Crippen molar-refractivity contribution in [2.75, 3.05) is 7.11 Å². The number of rotatable bonds is 2. The topological polar surface area (TPSA) is 47.6 Å². The van der Waals surface area contributed by atoms with Crippen molar-refractivity contribution < 1.29 is 9.13 Å². The van der Waals surface area contributed by atoms with Crippen LogP contribution in [0.1, 0.15) is 5.56 Å². The third kappa shape index (κ3) is 1.98. The summed E-state index contributed by atoms with van der Waals surface area (Å²) in [6.45, 7) is 0. The predicted octanol–water partition coefficient (Wildman–Crippen LogP) is 1.89. The first kappa shape index (κ1) is 9.98. The van der Waals surface area contributed by atoms with Crippen LogP contribution < -0.4 is 10.6 Å². The van der Waals surface area contributed by atoms with E-state index in [9.17, 15) is 4.39 Å². The molecule has 1 aromatic rings. The van der Waals surface area contributed by atoms with E-state index in [4.69, 9.17) is 10.6 Å². The second-order valence-corrected chi connectivity index (χ2v) is 3.06. The number of hydrogen-bond acceptors (Lipinski definition) is 3. The molecule has 0 bridgehead atoms. The largest absolute Gasteiger partial charge is 0.495 e. The van der Waals surface area contributed by atoms with Crippen LogP contribution in [-0.2, 0) is 0 Å². The van der Waals surface area contributed by atoms with Gasteiger partial charge in [-0.3, -0.25) is 0 Å². The highest BCUT2D eigenvalue weighted by molar-refractivity contribution is 9.10. The van der Waals surface area contributed by atoms with Gasteiger partial charge in [0.25, 0.3) is 0 Å². The Hall–Kier alpha value is -1.10. The molecule has 0 amide bonds. The van der Waals surface area contributed by atoms with Crippen molar-refractivity contribution in [1.29, 1.82) is 0 Å². The number of hydrazone groups is 1. The van der Waals surface area contributed by atoms with Crippen molar-refractivity contribution in [3.05, 3.63) is 28.0 Å². The number of nitrogens with zero attached hydrogens (tertiary/aromatic N) is 1. The Kier molecular flexibility index (Phi) is 3.25. The Morgan fingerprint density at radius 1 is 1.62 bits per heavy atom. The maximum absolute atomic E-state index is 13.0. The summed E-state index contributed by atoms with van der Waals surface area (Å²) in [5, 5.41) is 3.34. The van der Waals surface area contributed by atoms with Gasteiger partial charge in [0.15, 0.2) is 0 Å². The van der Waals surface area contributed by atoms with Gasteiger partial charge >= 0.3 is 0 Å². The summed E-state index contributed by atoms with van der Waals surface area (Å²) in [4.78, 5) is 0. The standard InChI is InChI=1S/C8H8BrFN2O/c1-13-8-5(4-12-11)2-3-6(10)7(8)9/h2-4H,11H2,1H3. The summed E-state index contributed by atoms with van der Waals surface area (Å²) >= 11 is 3.06. The lowest BCUT2D eigenvalue weighted by atomic mass is 10.2. The zero-order valence-electron chi connectivity index (χ0n) is 6.92. The summed E-state index contributed by atoms with van der Waals surface area (Å²) in [7, 11) is 1.45. The van der Waals surface area contributed by atoms with Crippen LogP contribution in [0.15, 0.2) is 21.7 Å². The average molecular weight is 247 g/mol. The van der Waals surface area contributed by atoms with Gasteiger partial charge in [-0.15, -0.1) is 0 Å². The van der Waals surface area contributed by atoms with Gasteiger partial charge in [0.05, 0.1) is 17.8 Å². The Labute approximate surface area is 83.5 Å². The highest BCUT2D eigenvalue weighted by Gasteiger charge is 2.09. The van der Waals surface area contributed by atoms with Crippen molar-refractivity contribution in [2.45, 2.75) is 0 Å². The maximum Gasteiger partial charge on any atom is 0.144 e. The van der Waals surface area contributed by atoms with E-state index >= 15 is 0 Å². The number of benzene rings is 1. The van der Waals surface area contributed by atoms with Gasteiger partial charge in [-0.2, -0.15) is 5.10 Å². The van der Waals surface area contributed by atoms with Gasteiger partial charge in [-0.1, -0.05) is 0 Å². The molecule has 0 fully saturated rings. The fraction of sp³-hybridized carbons (Fsp3) is 0.125. The molecule has 1 aromatic carbocycles. The zero-order chi connectivity index (χ0) is 9.84. The molecule has 0 aliphatic carbocycles. The van der Waals surface area contributed by atoms with Crippen LogP contribution in [0.4, 0.5) is 4.39 Å². The highest BCUT2D eigenvalue weighted by Crippen LogP contribution is 2.30. The quantitative estimate of drug-likeness (QED) is 0.492. The monoisotopic (exact) mass is 246 g/mol. The third-order valence-electron chi connectivity index (χ3n) is 1.50. The lowest BCUT2D eigenvalue weighted by molar-refractivity contribution is 0.407. The minimum Gasteiger partial charge on any atom is -0.495 e. The molecule has 0 unspecified atom stereocenters. The lowest BCUT2D eigenvalue weighted by Gasteiger charge is -2.06. The maximum atomic E-state index is 13.0. The first-order valence-corrected chi connectivity index (χ1v) is 4.25. The van der Waals surface area contributed by atoms with Crippen molar-refractivity contribution in [2.24, 2.45) is 10.9 Å². The molecule has 3 nitrogen and oxygen atoms in total. The number of halogens is 2. The van der Waals surface area contributed by atoms with Gasteiger partial charge < -0.3 is 10.6 Å². The Morgan fingerprint density at radius 3 is 2.85 bits per heavy atom. The summed E-state index contributed by atoms with van der Waals surface area (Å²) in [6.07, 6.45) is 1.39. The van der Waals surface area contributed by atoms with Gasteiger partial charge in [-0.05, 0) is 28.1 Å². The van der Waals surface area contributed by atoms with Crippen LogP contribution in [0.2, 0.25) is 0 Å². The molecule has 0 aliphatic heterocycles. The molecule has 0 radical (unpaired) electrons. The zero-order valence-corrected chi connectivity index (χ0v) is 8.51. The van der Waals surface area contributed by atoms with Crippen LogP contribution in [0.25, 0.3) is 0 Å². The van der Waals surface area contributed by atoms with Crippen LogP contribution in [-0.4, -0.2) is 13.3 Å². The molecule has 0 saturated carbocycles. The van der Waals surface area contributed by atoms with E-state index in [1.54, 1.807) is 0 Å². The van der Waals surface area contributed by atoms with Crippen LogP contribution >= 0.6 is 15.9 Å². The molecule has 13 heavy (non-hydrogen) atoms. The fourth-order valence-corrected chi connectivity index (χ4v) is 1.46. The van der Waals surface area contributed by atoms with Gasteiger partial charge in [-0.25, -0.2) is 4.39 Å². The molecule has 0 atom stereocenters. The second-order valence-electron chi connectivity index (χ2n) is 2.26.